The monoisotopic (exact) mass is 389 g/mol. The Morgan fingerprint density at radius 3 is 2.18 bits per heavy atom. The van der Waals surface area contributed by atoms with E-state index in [1.54, 1.807) is 14.2 Å². The van der Waals surface area contributed by atoms with E-state index in [0.717, 1.165) is 57.1 Å². The van der Waals surface area contributed by atoms with E-state index in [4.69, 9.17) is 9.47 Å². The minimum absolute atomic E-state index is 0.299. The predicted octanol–water partition coefficient (Wildman–Crippen LogP) is 2.61. The molecule has 0 unspecified atom stereocenters. The molecule has 28 heavy (non-hydrogen) atoms. The third-order valence-corrected chi connectivity index (χ3v) is 6.16. The summed E-state index contributed by atoms with van der Waals surface area (Å²) < 4.78 is 10.7. The van der Waals surface area contributed by atoms with E-state index in [2.05, 4.69) is 34.6 Å². The minimum Gasteiger partial charge on any atom is -0.493 e. The Balaban J connectivity index is 1.48. The van der Waals surface area contributed by atoms with Crippen molar-refractivity contribution in [3.63, 3.8) is 0 Å². The molecule has 2 fully saturated rings. The summed E-state index contributed by atoms with van der Waals surface area (Å²) in [6.07, 6.45) is 3.51. The van der Waals surface area contributed by atoms with Crippen molar-refractivity contribution in [1.82, 2.24) is 14.7 Å². The molecule has 156 valence electrons. The molecule has 2 aliphatic heterocycles. The highest BCUT2D eigenvalue weighted by atomic mass is 16.5. The Labute approximate surface area is 169 Å². The fourth-order valence-electron chi connectivity index (χ4n) is 4.53. The van der Waals surface area contributed by atoms with Gasteiger partial charge < -0.3 is 14.4 Å². The van der Waals surface area contributed by atoms with Crippen LogP contribution in [0.2, 0.25) is 0 Å². The summed E-state index contributed by atoms with van der Waals surface area (Å²) in [6.45, 7) is 9.66. The Kier molecular flexibility index (Phi) is 7.18. The number of hydrogen-bond donors (Lipinski definition) is 0. The summed E-state index contributed by atoms with van der Waals surface area (Å²) in [7, 11) is 3.32. The van der Waals surface area contributed by atoms with Crippen LogP contribution in [-0.2, 0) is 11.3 Å². The van der Waals surface area contributed by atoms with Crippen molar-refractivity contribution >= 4 is 5.91 Å². The quantitative estimate of drug-likeness (QED) is 0.748. The number of amides is 1. The molecule has 0 bridgehead atoms. The van der Waals surface area contributed by atoms with Gasteiger partial charge in [-0.3, -0.25) is 14.6 Å². The van der Waals surface area contributed by atoms with Crippen LogP contribution in [0, 0.1) is 0 Å². The lowest BCUT2D eigenvalue weighted by molar-refractivity contribution is -0.139. The number of rotatable bonds is 6. The van der Waals surface area contributed by atoms with Crippen molar-refractivity contribution in [3.05, 3.63) is 23.8 Å². The number of nitrogens with zero attached hydrogens (tertiary/aromatic N) is 3. The first-order valence-corrected chi connectivity index (χ1v) is 10.5. The van der Waals surface area contributed by atoms with Crippen LogP contribution in [0.5, 0.6) is 11.5 Å². The molecule has 3 rings (SSSR count). The summed E-state index contributed by atoms with van der Waals surface area (Å²) in [5.74, 6) is 1.83. The van der Waals surface area contributed by atoms with Crippen molar-refractivity contribution in [2.75, 3.05) is 46.9 Å². The normalized spacial score (nSPS) is 24.2. The molecule has 2 atom stereocenters. The van der Waals surface area contributed by atoms with Gasteiger partial charge in [0.2, 0.25) is 5.91 Å². The molecular weight excluding hydrogens is 354 g/mol. The van der Waals surface area contributed by atoms with Crippen LogP contribution >= 0.6 is 0 Å². The highest BCUT2D eigenvalue weighted by molar-refractivity contribution is 5.79. The minimum atomic E-state index is 0.299. The van der Waals surface area contributed by atoms with Crippen molar-refractivity contribution in [2.45, 2.75) is 51.7 Å². The molecule has 2 saturated heterocycles. The highest BCUT2D eigenvalue weighted by Crippen LogP contribution is 2.28. The number of carbonyl (C=O) groups excluding carboxylic acids is 1. The summed E-state index contributed by atoms with van der Waals surface area (Å²) in [4.78, 5) is 19.7. The third-order valence-electron chi connectivity index (χ3n) is 6.16. The van der Waals surface area contributed by atoms with E-state index in [1.165, 1.54) is 12.0 Å². The lowest BCUT2D eigenvalue weighted by atomic mass is 9.97. The lowest BCUT2D eigenvalue weighted by Crippen LogP contribution is -2.54. The van der Waals surface area contributed by atoms with Gasteiger partial charge in [-0.05, 0) is 50.8 Å². The Morgan fingerprint density at radius 2 is 1.57 bits per heavy atom. The van der Waals surface area contributed by atoms with Gasteiger partial charge >= 0.3 is 0 Å². The highest BCUT2D eigenvalue weighted by Gasteiger charge is 2.30. The summed E-state index contributed by atoms with van der Waals surface area (Å²) in [5.41, 5.74) is 1.22. The zero-order valence-corrected chi connectivity index (χ0v) is 17.8. The fraction of sp³-hybridized carbons (Fsp3) is 0.682. The molecule has 0 saturated carbocycles. The first-order valence-electron chi connectivity index (χ1n) is 10.5. The topological polar surface area (TPSA) is 45.2 Å². The van der Waals surface area contributed by atoms with E-state index in [9.17, 15) is 4.79 Å². The molecule has 1 aromatic carbocycles. The first kappa shape index (κ1) is 20.9. The van der Waals surface area contributed by atoms with Gasteiger partial charge in [0.1, 0.15) is 0 Å². The summed E-state index contributed by atoms with van der Waals surface area (Å²) in [6, 6.07) is 6.86. The van der Waals surface area contributed by atoms with Gasteiger partial charge in [-0.2, -0.15) is 0 Å². The molecule has 0 spiro atoms. The van der Waals surface area contributed by atoms with Crippen LogP contribution in [0.4, 0.5) is 0 Å². The number of piperazine rings is 1. The maximum atomic E-state index is 12.8. The maximum absolute atomic E-state index is 12.8. The molecule has 2 heterocycles. The lowest BCUT2D eigenvalue weighted by Gasteiger charge is -2.41. The number of piperidine rings is 1. The zero-order valence-electron chi connectivity index (χ0n) is 17.8. The zero-order chi connectivity index (χ0) is 20.1. The molecule has 2 aliphatic rings. The van der Waals surface area contributed by atoms with Crippen LogP contribution < -0.4 is 9.47 Å². The second-order valence-electron chi connectivity index (χ2n) is 8.17. The predicted molar refractivity (Wildman–Crippen MR) is 111 cm³/mol. The molecular formula is C22H35N3O3. The second-order valence-corrected chi connectivity index (χ2v) is 8.17. The molecule has 0 radical (unpaired) electrons. The number of benzene rings is 1. The van der Waals surface area contributed by atoms with Crippen LogP contribution in [-0.4, -0.2) is 79.6 Å². The van der Waals surface area contributed by atoms with Crippen molar-refractivity contribution in [2.24, 2.45) is 0 Å². The van der Waals surface area contributed by atoms with Crippen molar-refractivity contribution in [3.8, 4) is 11.5 Å². The van der Waals surface area contributed by atoms with Crippen molar-refractivity contribution < 1.29 is 14.3 Å². The number of carbonyl (C=O) groups is 1. The van der Waals surface area contributed by atoms with Gasteiger partial charge in [0.25, 0.3) is 0 Å². The Bertz CT molecular complexity index is 648. The van der Waals surface area contributed by atoms with E-state index in [-0.39, 0.29) is 0 Å². The fourth-order valence-corrected chi connectivity index (χ4v) is 4.53. The van der Waals surface area contributed by atoms with E-state index in [0.29, 0.717) is 24.5 Å². The van der Waals surface area contributed by atoms with Crippen molar-refractivity contribution in [1.29, 1.82) is 0 Å². The average Bonchev–Trinajstić information content (AvgIpc) is 2.69. The van der Waals surface area contributed by atoms with E-state index in [1.807, 2.05) is 12.1 Å². The Hall–Kier alpha value is -1.79. The van der Waals surface area contributed by atoms with E-state index >= 15 is 0 Å². The summed E-state index contributed by atoms with van der Waals surface area (Å²) in [5, 5.41) is 0. The van der Waals surface area contributed by atoms with Gasteiger partial charge in [-0.1, -0.05) is 6.07 Å². The van der Waals surface area contributed by atoms with Crippen LogP contribution in [0.3, 0.4) is 0 Å². The molecule has 1 aromatic rings. The molecule has 0 aliphatic carbocycles. The van der Waals surface area contributed by atoms with Gasteiger partial charge in [-0.15, -0.1) is 0 Å². The van der Waals surface area contributed by atoms with Crippen LogP contribution in [0.25, 0.3) is 0 Å². The molecule has 0 aromatic heterocycles. The summed E-state index contributed by atoms with van der Waals surface area (Å²) >= 11 is 0. The maximum Gasteiger partial charge on any atom is 0.237 e. The molecule has 1 amide bonds. The number of ether oxygens (including phenoxy) is 2. The van der Waals surface area contributed by atoms with Crippen LogP contribution in [0.1, 0.15) is 38.7 Å². The standard InChI is InChI=1S/C22H35N3O3/c1-17-6-5-7-18(2)25(17)22(26)16-24-12-10-23(11-13-24)15-19-8-9-20(27-3)21(14-19)28-4/h8-9,14,17-18H,5-7,10-13,15-16H2,1-4H3/t17-,18-/m0/s1. The smallest absolute Gasteiger partial charge is 0.237 e. The number of hydrogen-bond acceptors (Lipinski definition) is 5. The largest absolute Gasteiger partial charge is 0.493 e. The SMILES string of the molecule is COc1ccc(CN2CCN(CC(=O)N3[C@@H](C)CCC[C@@H]3C)CC2)cc1OC. The molecule has 6 nitrogen and oxygen atoms in total. The van der Waals surface area contributed by atoms with Gasteiger partial charge in [-0.25, -0.2) is 0 Å². The van der Waals surface area contributed by atoms with E-state index < -0.39 is 0 Å². The Morgan fingerprint density at radius 1 is 0.964 bits per heavy atom. The van der Waals surface area contributed by atoms with Gasteiger partial charge in [0.05, 0.1) is 20.8 Å². The average molecular weight is 390 g/mol. The number of methoxy groups -OCH3 is 2. The second kappa shape index (κ2) is 9.61. The van der Waals surface area contributed by atoms with Gasteiger partial charge in [0.15, 0.2) is 11.5 Å². The van der Waals surface area contributed by atoms with Gasteiger partial charge in [0, 0.05) is 44.8 Å². The number of likely N-dealkylation sites (tertiary alicyclic amines) is 1. The molecule has 0 N–H and O–H groups in total. The van der Waals surface area contributed by atoms with Crippen LogP contribution in [0.15, 0.2) is 18.2 Å². The third kappa shape index (κ3) is 4.97. The first-order chi connectivity index (χ1) is 13.5. The molecule has 6 heteroatoms.